The Hall–Kier alpha value is -1.66. The summed E-state index contributed by atoms with van der Waals surface area (Å²) in [5.74, 6) is 0.458. The highest BCUT2D eigenvalue weighted by Crippen LogP contribution is 2.43. The van der Waals surface area contributed by atoms with Crippen LogP contribution in [0.25, 0.3) is 10.6 Å². The number of amides is 1. The zero-order chi connectivity index (χ0) is 17.3. The molecule has 0 spiro atoms. The van der Waals surface area contributed by atoms with E-state index < -0.39 is 0 Å². The maximum Gasteiger partial charge on any atom is 0.218 e. The third-order valence-corrected chi connectivity index (χ3v) is 5.98. The first-order valence-electron chi connectivity index (χ1n) is 7.87. The van der Waals surface area contributed by atoms with Gasteiger partial charge in [-0.2, -0.15) is 0 Å². The largest absolute Gasteiger partial charge is 0.370 e. The third kappa shape index (κ3) is 3.54. The van der Waals surface area contributed by atoms with Crippen molar-refractivity contribution in [1.82, 2.24) is 4.98 Å². The molecular formula is C18H20N2O2S2. The van der Waals surface area contributed by atoms with Crippen molar-refractivity contribution in [3.8, 4) is 10.6 Å². The molecule has 6 heteroatoms. The van der Waals surface area contributed by atoms with E-state index in [0.717, 1.165) is 33.0 Å². The molecule has 3 rings (SSSR count). The number of nitrogens with zero attached hydrogens (tertiary/aromatic N) is 1. The van der Waals surface area contributed by atoms with Crippen LogP contribution in [0.4, 0.5) is 0 Å². The lowest BCUT2D eigenvalue weighted by atomic mass is 9.72. The van der Waals surface area contributed by atoms with Crippen LogP contribution in [0, 0.1) is 5.41 Å². The normalized spacial score (nSPS) is 16.0. The van der Waals surface area contributed by atoms with Gasteiger partial charge < -0.3 is 5.73 Å². The van der Waals surface area contributed by atoms with E-state index in [4.69, 9.17) is 5.73 Å². The second-order valence-electron chi connectivity index (χ2n) is 6.81. The lowest BCUT2D eigenvalue weighted by molar-refractivity contribution is -0.117. The van der Waals surface area contributed by atoms with Crippen molar-refractivity contribution in [2.24, 2.45) is 11.1 Å². The molecule has 0 bridgehead atoms. The molecule has 0 aliphatic heterocycles. The lowest BCUT2D eigenvalue weighted by Crippen LogP contribution is -2.28. The molecule has 1 aromatic carbocycles. The summed E-state index contributed by atoms with van der Waals surface area (Å²) in [5.41, 5.74) is 8.14. The number of aromatic nitrogens is 1. The highest BCUT2D eigenvalue weighted by atomic mass is 32.2. The maximum absolute atomic E-state index is 12.8. The molecule has 2 aromatic rings. The first kappa shape index (κ1) is 17.2. The summed E-state index contributed by atoms with van der Waals surface area (Å²) in [6.45, 7) is 4.26. The second kappa shape index (κ2) is 6.69. The number of thiazole rings is 1. The number of rotatable bonds is 5. The van der Waals surface area contributed by atoms with Crippen molar-refractivity contribution in [2.75, 3.05) is 5.75 Å². The molecule has 2 N–H and O–H groups in total. The minimum absolute atomic E-state index is 0.0490. The second-order valence-corrected chi connectivity index (χ2v) is 8.84. The van der Waals surface area contributed by atoms with E-state index in [0.29, 0.717) is 18.6 Å². The van der Waals surface area contributed by atoms with Gasteiger partial charge in [-0.25, -0.2) is 4.98 Å². The Morgan fingerprint density at radius 3 is 2.83 bits per heavy atom. The number of hydrogen-bond acceptors (Lipinski definition) is 5. The lowest BCUT2D eigenvalue weighted by Gasteiger charge is -2.32. The summed E-state index contributed by atoms with van der Waals surface area (Å²) in [4.78, 5) is 29.2. The Morgan fingerprint density at radius 2 is 2.17 bits per heavy atom. The number of benzene rings is 1. The summed E-state index contributed by atoms with van der Waals surface area (Å²) < 4.78 is 0. The molecule has 0 saturated heterocycles. The number of nitrogens with two attached hydrogens (primary N) is 1. The minimum Gasteiger partial charge on any atom is -0.370 e. The van der Waals surface area contributed by atoms with Crippen molar-refractivity contribution in [3.05, 3.63) is 34.8 Å². The van der Waals surface area contributed by atoms with Crippen LogP contribution in [0.15, 0.2) is 28.6 Å². The molecule has 0 atom stereocenters. The van der Waals surface area contributed by atoms with Gasteiger partial charge in [0.1, 0.15) is 5.01 Å². The molecular weight excluding hydrogens is 340 g/mol. The van der Waals surface area contributed by atoms with Gasteiger partial charge >= 0.3 is 0 Å². The third-order valence-electron chi connectivity index (χ3n) is 4.12. The first-order valence-corrected chi connectivity index (χ1v) is 9.74. The summed E-state index contributed by atoms with van der Waals surface area (Å²) in [6, 6.07) is 4.04. The molecule has 0 fully saturated rings. The van der Waals surface area contributed by atoms with Crippen LogP contribution in [0.1, 0.15) is 42.6 Å². The van der Waals surface area contributed by atoms with Gasteiger partial charge in [0.25, 0.3) is 0 Å². The van der Waals surface area contributed by atoms with E-state index in [1.54, 1.807) is 17.5 Å². The molecule has 1 heterocycles. The molecule has 0 saturated carbocycles. The number of primary amides is 1. The Balaban J connectivity index is 2.05. The van der Waals surface area contributed by atoms with Crippen molar-refractivity contribution < 1.29 is 9.59 Å². The Bertz CT molecular complexity index is 783. The van der Waals surface area contributed by atoms with Gasteiger partial charge in [-0.1, -0.05) is 19.9 Å². The highest BCUT2D eigenvalue weighted by Gasteiger charge is 2.34. The van der Waals surface area contributed by atoms with Crippen LogP contribution in [0.2, 0.25) is 0 Å². The van der Waals surface area contributed by atoms with E-state index in [-0.39, 0.29) is 17.1 Å². The van der Waals surface area contributed by atoms with E-state index in [1.165, 1.54) is 11.8 Å². The van der Waals surface area contributed by atoms with Crippen LogP contribution in [-0.4, -0.2) is 22.4 Å². The fraction of sp³-hybridized carbons (Fsp3) is 0.389. The number of fused-ring (bicyclic) bond motifs is 1. The molecule has 4 nitrogen and oxygen atoms in total. The van der Waals surface area contributed by atoms with E-state index in [2.05, 4.69) is 24.9 Å². The molecule has 1 amide bonds. The van der Waals surface area contributed by atoms with Gasteiger partial charge in [-0.3, -0.25) is 9.59 Å². The zero-order valence-electron chi connectivity index (χ0n) is 13.8. The molecule has 1 aliphatic rings. The summed E-state index contributed by atoms with van der Waals surface area (Å²) in [5, 5.41) is 2.90. The Morgan fingerprint density at radius 1 is 1.38 bits per heavy atom. The molecule has 126 valence electrons. The minimum atomic E-state index is -0.316. The SMILES string of the molecule is CC1(C)CC(=O)c2c(SCCC(N)=O)ccc(-c3nccs3)c2C1. The van der Waals surface area contributed by atoms with Gasteiger partial charge in [-0.15, -0.1) is 23.1 Å². The highest BCUT2D eigenvalue weighted by molar-refractivity contribution is 7.99. The van der Waals surface area contributed by atoms with Gasteiger partial charge in [0.05, 0.1) is 0 Å². The summed E-state index contributed by atoms with van der Waals surface area (Å²) >= 11 is 3.12. The number of ketones is 1. The number of thioether (sulfide) groups is 1. The standard InChI is InChI=1S/C18H20N2O2S2/c1-18(2)9-12-11(17-20-6-8-24-17)3-4-14(16(12)13(21)10-18)23-7-5-15(19)22/h3-4,6,8H,5,7,9-10H2,1-2H3,(H2,19,22). The van der Waals surface area contributed by atoms with Crippen LogP contribution >= 0.6 is 23.1 Å². The number of carbonyl (C=O) groups excluding carboxylic acids is 2. The summed E-state index contributed by atoms with van der Waals surface area (Å²) in [7, 11) is 0. The van der Waals surface area contributed by atoms with Gasteiger partial charge in [-0.05, 0) is 23.5 Å². The fourth-order valence-electron chi connectivity index (χ4n) is 3.12. The Labute approximate surface area is 149 Å². The van der Waals surface area contributed by atoms with Crippen LogP contribution in [0.3, 0.4) is 0 Å². The Kier molecular flexibility index (Phi) is 4.78. The van der Waals surface area contributed by atoms with Crippen LogP contribution in [0.5, 0.6) is 0 Å². The topological polar surface area (TPSA) is 73.1 Å². The van der Waals surface area contributed by atoms with Crippen LogP contribution in [-0.2, 0) is 11.2 Å². The van der Waals surface area contributed by atoms with E-state index in [9.17, 15) is 9.59 Å². The molecule has 1 aliphatic carbocycles. The number of Topliss-reactive ketones (excluding diaryl/α,β-unsaturated/α-hetero) is 1. The molecule has 1 aromatic heterocycles. The molecule has 0 unspecified atom stereocenters. The smallest absolute Gasteiger partial charge is 0.218 e. The maximum atomic E-state index is 12.8. The molecule has 24 heavy (non-hydrogen) atoms. The van der Waals surface area contributed by atoms with Gasteiger partial charge in [0, 0.05) is 46.2 Å². The van der Waals surface area contributed by atoms with Gasteiger partial charge in [0.15, 0.2) is 5.78 Å². The average Bonchev–Trinajstić information content (AvgIpc) is 2.99. The monoisotopic (exact) mass is 360 g/mol. The van der Waals surface area contributed by atoms with Crippen molar-refractivity contribution >= 4 is 34.8 Å². The first-order chi connectivity index (χ1) is 11.4. The predicted molar refractivity (Wildman–Crippen MR) is 98.5 cm³/mol. The van der Waals surface area contributed by atoms with Crippen molar-refractivity contribution in [2.45, 2.75) is 38.0 Å². The van der Waals surface area contributed by atoms with Crippen LogP contribution < -0.4 is 5.73 Å². The number of carbonyl (C=O) groups is 2. The predicted octanol–water partition coefficient (Wildman–Crippen LogP) is 3.93. The van der Waals surface area contributed by atoms with E-state index >= 15 is 0 Å². The quantitative estimate of drug-likeness (QED) is 0.820. The van der Waals surface area contributed by atoms with Crippen molar-refractivity contribution in [1.29, 1.82) is 0 Å². The van der Waals surface area contributed by atoms with Crippen molar-refractivity contribution in [3.63, 3.8) is 0 Å². The molecule has 0 radical (unpaired) electrons. The summed E-state index contributed by atoms with van der Waals surface area (Å²) in [6.07, 6.45) is 3.50. The fourth-order valence-corrected chi connectivity index (χ4v) is 4.88. The zero-order valence-corrected chi connectivity index (χ0v) is 15.4. The number of hydrogen-bond donors (Lipinski definition) is 1. The van der Waals surface area contributed by atoms with Gasteiger partial charge in [0.2, 0.25) is 5.91 Å². The average molecular weight is 361 g/mol. The van der Waals surface area contributed by atoms with E-state index in [1.807, 2.05) is 11.4 Å².